The molecule has 0 unspecified atom stereocenters. The van der Waals surface area contributed by atoms with Gasteiger partial charge in [-0.25, -0.2) is 0 Å². The topological polar surface area (TPSA) is 130 Å². The predicted octanol–water partition coefficient (Wildman–Crippen LogP) is -0.544. The van der Waals surface area contributed by atoms with Gasteiger partial charge in [0, 0.05) is 16.0 Å². The van der Waals surface area contributed by atoms with Crippen molar-refractivity contribution >= 4 is 16.2 Å². The second kappa shape index (κ2) is 6.97. The first-order valence-electron chi connectivity index (χ1n) is 4.37. The van der Waals surface area contributed by atoms with Gasteiger partial charge in [0.05, 0.1) is 6.54 Å². The Morgan fingerprint density at radius 1 is 1.41 bits per heavy atom. The van der Waals surface area contributed by atoms with Gasteiger partial charge in [0.2, 0.25) is 0 Å². The fourth-order valence-electron chi connectivity index (χ4n) is 0.942. The molecule has 1 rings (SSSR count). The molecular weight excluding hydrogens is 250 g/mol. The number of rotatable bonds is 3. The highest BCUT2D eigenvalue weighted by atomic mass is 32.3. The third kappa shape index (κ3) is 9.45. The first-order valence-corrected chi connectivity index (χ1v) is 5.71. The summed E-state index contributed by atoms with van der Waals surface area (Å²) in [6.07, 6.45) is 0. The van der Waals surface area contributed by atoms with Crippen molar-refractivity contribution in [2.24, 2.45) is 0 Å². The molecule has 0 bridgehead atoms. The summed E-state index contributed by atoms with van der Waals surface area (Å²) in [7, 11) is -3.46. The first kappa shape index (κ1) is 15.5. The Morgan fingerprint density at radius 2 is 1.94 bits per heavy atom. The molecule has 0 aliphatic heterocycles. The first-order chi connectivity index (χ1) is 7.74. The maximum absolute atomic E-state index is 11.2. The quantitative estimate of drug-likeness (QED) is 0.424. The molecule has 1 aromatic rings. The lowest BCUT2D eigenvalue weighted by molar-refractivity contribution is 0.0993. The number of hydrogen-bond acceptors (Lipinski definition) is 7. The van der Waals surface area contributed by atoms with Crippen molar-refractivity contribution in [2.75, 3.05) is 13.6 Å². The molecule has 0 radical (unpaired) electrons. The monoisotopic (exact) mass is 261 g/mol. The molecule has 0 amide bonds. The summed E-state index contributed by atoms with van der Waals surface area (Å²) in [6.45, 7) is 0.295. The summed E-state index contributed by atoms with van der Waals surface area (Å²) in [4.78, 5) is 11.2. The SMILES string of the molecule is CNCC(=O)c1cccc(O)c1.O=S(=O)([O-])[O-]. The van der Waals surface area contributed by atoms with Gasteiger partial charge < -0.3 is 19.5 Å². The molecule has 2 N–H and O–H groups in total. The van der Waals surface area contributed by atoms with Gasteiger partial charge in [0.1, 0.15) is 5.75 Å². The zero-order chi connectivity index (χ0) is 13.5. The highest BCUT2D eigenvalue weighted by molar-refractivity contribution is 7.79. The lowest BCUT2D eigenvalue weighted by atomic mass is 10.1. The Balaban J connectivity index is 0.000000437. The minimum atomic E-state index is -5.17. The van der Waals surface area contributed by atoms with Crippen LogP contribution in [0.15, 0.2) is 24.3 Å². The molecule has 7 nitrogen and oxygen atoms in total. The predicted molar refractivity (Wildman–Crippen MR) is 56.8 cm³/mol. The number of carbonyl (C=O) groups excluding carboxylic acids is 1. The Bertz CT molecular complexity index is 462. The molecular formula is C9H11NO6S-2. The Hall–Kier alpha value is -1.48. The van der Waals surface area contributed by atoms with Crippen molar-refractivity contribution in [3.05, 3.63) is 29.8 Å². The van der Waals surface area contributed by atoms with Crippen LogP contribution in [-0.2, 0) is 10.4 Å². The van der Waals surface area contributed by atoms with Gasteiger partial charge in [-0.15, -0.1) is 0 Å². The largest absolute Gasteiger partial charge is 0.759 e. The van der Waals surface area contributed by atoms with Crippen LogP contribution in [-0.4, -0.2) is 42.0 Å². The number of benzene rings is 1. The van der Waals surface area contributed by atoms with Crippen LogP contribution in [0.1, 0.15) is 10.4 Å². The number of phenolic OH excluding ortho intramolecular Hbond substituents is 1. The third-order valence-electron chi connectivity index (χ3n) is 1.51. The number of nitrogens with one attached hydrogen (secondary N) is 1. The van der Waals surface area contributed by atoms with Crippen molar-refractivity contribution in [2.45, 2.75) is 0 Å². The van der Waals surface area contributed by atoms with Crippen LogP contribution in [0.2, 0.25) is 0 Å². The molecule has 1 aromatic carbocycles. The lowest BCUT2D eigenvalue weighted by Gasteiger charge is -2.06. The van der Waals surface area contributed by atoms with E-state index >= 15 is 0 Å². The number of aromatic hydroxyl groups is 1. The van der Waals surface area contributed by atoms with Crippen LogP contribution < -0.4 is 5.32 Å². The molecule has 0 aliphatic carbocycles. The van der Waals surface area contributed by atoms with Gasteiger partial charge in [-0.1, -0.05) is 12.1 Å². The zero-order valence-corrected chi connectivity index (χ0v) is 9.73. The van der Waals surface area contributed by atoms with Gasteiger partial charge >= 0.3 is 0 Å². The van der Waals surface area contributed by atoms with Crippen molar-refractivity contribution in [1.29, 1.82) is 0 Å². The van der Waals surface area contributed by atoms with E-state index in [2.05, 4.69) is 5.32 Å². The van der Waals surface area contributed by atoms with E-state index in [4.69, 9.17) is 22.6 Å². The van der Waals surface area contributed by atoms with Crippen LogP contribution in [0.5, 0.6) is 5.75 Å². The minimum absolute atomic E-state index is 0.0200. The summed E-state index contributed by atoms with van der Waals surface area (Å²) >= 11 is 0. The van der Waals surface area contributed by atoms with E-state index < -0.39 is 10.4 Å². The molecule has 0 saturated heterocycles. The van der Waals surface area contributed by atoms with Gasteiger partial charge in [-0.3, -0.25) is 13.2 Å². The average molecular weight is 261 g/mol. The number of carbonyl (C=O) groups is 1. The summed E-state index contributed by atoms with van der Waals surface area (Å²) in [5.74, 6) is 0.102. The Morgan fingerprint density at radius 3 is 2.35 bits per heavy atom. The van der Waals surface area contributed by atoms with E-state index in [0.717, 1.165) is 0 Å². The number of likely N-dealkylation sites (N-methyl/N-ethyl adjacent to an activating group) is 1. The van der Waals surface area contributed by atoms with Crippen LogP contribution in [0.3, 0.4) is 0 Å². The zero-order valence-electron chi connectivity index (χ0n) is 8.91. The van der Waals surface area contributed by atoms with Gasteiger partial charge in [0.15, 0.2) is 5.78 Å². The molecule has 0 aliphatic rings. The van der Waals surface area contributed by atoms with E-state index in [1.54, 1.807) is 19.2 Å². The summed E-state index contributed by atoms with van der Waals surface area (Å²) in [5, 5.41) is 11.8. The molecule has 0 aromatic heterocycles. The number of hydrogen-bond donors (Lipinski definition) is 2. The molecule has 8 heteroatoms. The van der Waals surface area contributed by atoms with Crippen LogP contribution in [0, 0.1) is 0 Å². The van der Waals surface area contributed by atoms with Gasteiger partial charge in [-0.05, 0) is 19.2 Å². The maximum atomic E-state index is 11.2. The molecule has 0 heterocycles. The smallest absolute Gasteiger partial charge is 0.176 e. The maximum Gasteiger partial charge on any atom is 0.176 e. The van der Waals surface area contributed by atoms with E-state index in [1.807, 2.05) is 0 Å². The van der Waals surface area contributed by atoms with E-state index in [1.165, 1.54) is 12.1 Å². The van der Waals surface area contributed by atoms with Crippen LogP contribution in [0.4, 0.5) is 0 Å². The number of ketones is 1. The summed E-state index contributed by atoms with van der Waals surface area (Å²) < 4.78 is 34.1. The van der Waals surface area contributed by atoms with Gasteiger partial charge in [-0.2, -0.15) is 0 Å². The van der Waals surface area contributed by atoms with Crippen molar-refractivity contribution in [3.63, 3.8) is 0 Å². The normalized spacial score (nSPS) is 10.3. The van der Waals surface area contributed by atoms with Crippen molar-refractivity contribution in [3.8, 4) is 5.75 Å². The van der Waals surface area contributed by atoms with Gasteiger partial charge in [0.25, 0.3) is 0 Å². The summed E-state index contributed by atoms with van der Waals surface area (Å²) in [5.41, 5.74) is 0.532. The van der Waals surface area contributed by atoms with Crippen LogP contribution >= 0.6 is 0 Å². The van der Waals surface area contributed by atoms with Crippen LogP contribution in [0.25, 0.3) is 0 Å². The second-order valence-corrected chi connectivity index (χ2v) is 3.73. The highest BCUT2D eigenvalue weighted by Gasteiger charge is 2.03. The third-order valence-corrected chi connectivity index (χ3v) is 1.51. The van der Waals surface area contributed by atoms with E-state index in [0.29, 0.717) is 12.1 Å². The molecule has 17 heavy (non-hydrogen) atoms. The van der Waals surface area contributed by atoms with Crippen molar-refractivity contribution < 1.29 is 27.4 Å². The van der Waals surface area contributed by atoms with E-state index in [9.17, 15) is 4.79 Å². The minimum Gasteiger partial charge on any atom is -0.759 e. The molecule has 0 atom stereocenters. The Kier molecular flexibility index (Phi) is 6.36. The number of phenols is 1. The average Bonchev–Trinajstić information content (AvgIpc) is 2.15. The van der Waals surface area contributed by atoms with E-state index in [-0.39, 0.29) is 11.5 Å². The van der Waals surface area contributed by atoms with Crippen molar-refractivity contribution in [1.82, 2.24) is 5.32 Å². The lowest BCUT2D eigenvalue weighted by Crippen LogP contribution is -2.18. The second-order valence-electron chi connectivity index (χ2n) is 2.91. The standard InChI is InChI=1S/C9H11NO2.H2O4S/c1-10-6-9(12)7-3-2-4-8(11)5-7;1-5(2,3)4/h2-5,10-11H,6H2,1H3;(H2,1,2,3,4)/p-2. The fourth-order valence-corrected chi connectivity index (χ4v) is 0.942. The Labute approximate surface area is 98.7 Å². The molecule has 0 fully saturated rings. The molecule has 96 valence electrons. The highest BCUT2D eigenvalue weighted by Crippen LogP contribution is 2.10. The fraction of sp³-hybridized carbons (Fsp3) is 0.222. The summed E-state index contributed by atoms with van der Waals surface area (Å²) in [6, 6.07) is 6.33. The molecule has 0 saturated carbocycles. The number of Topliss-reactive ketones (excluding diaryl/α,β-unsaturated/α-hetero) is 1. The molecule has 0 spiro atoms.